The molecule has 0 bridgehead atoms. The average molecular weight is 502 g/mol. The van der Waals surface area contributed by atoms with Crippen LogP contribution in [0.2, 0.25) is 0 Å². The van der Waals surface area contributed by atoms with Crippen molar-refractivity contribution in [2.75, 3.05) is 26.7 Å². The van der Waals surface area contributed by atoms with Crippen molar-refractivity contribution in [2.45, 2.75) is 39.3 Å². The highest BCUT2D eigenvalue weighted by molar-refractivity contribution is 5.98. The van der Waals surface area contributed by atoms with Crippen molar-refractivity contribution >= 4 is 11.8 Å². The average Bonchev–Trinajstić information content (AvgIpc) is 2.91. The number of pyridine rings is 1. The van der Waals surface area contributed by atoms with E-state index < -0.39 is 0 Å². The van der Waals surface area contributed by atoms with E-state index in [1.807, 2.05) is 81.4 Å². The Morgan fingerprint density at radius 2 is 1.86 bits per heavy atom. The summed E-state index contributed by atoms with van der Waals surface area (Å²) in [5.41, 5.74) is 4.22. The SMILES string of the molecule is Cc1ccc(-c2cnc3c(c2)C(=O)N([C@@H](C)CO)C[C@H](C)[C@@H](CN(C)C(=O)Cc2ccccc2)O3)cc1. The van der Waals surface area contributed by atoms with Gasteiger partial charge in [-0.2, -0.15) is 0 Å². The first-order valence-electron chi connectivity index (χ1n) is 12.7. The number of hydrogen-bond acceptors (Lipinski definition) is 5. The Morgan fingerprint density at radius 3 is 2.54 bits per heavy atom. The summed E-state index contributed by atoms with van der Waals surface area (Å²) in [7, 11) is 1.77. The molecule has 1 aliphatic rings. The van der Waals surface area contributed by atoms with Crippen LogP contribution in [0.1, 0.15) is 35.3 Å². The van der Waals surface area contributed by atoms with Crippen LogP contribution in [0.5, 0.6) is 5.88 Å². The van der Waals surface area contributed by atoms with E-state index in [-0.39, 0.29) is 42.4 Å². The monoisotopic (exact) mass is 501 g/mol. The van der Waals surface area contributed by atoms with Gasteiger partial charge in [-0.15, -0.1) is 0 Å². The van der Waals surface area contributed by atoms with Gasteiger partial charge in [0.1, 0.15) is 11.7 Å². The lowest BCUT2D eigenvalue weighted by Crippen LogP contribution is -2.50. The molecular weight excluding hydrogens is 466 g/mol. The van der Waals surface area contributed by atoms with Gasteiger partial charge in [0.25, 0.3) is 5.91 Å². The fraction of sp³-hybridized carbons (Fsp3) is 0.367. The lowest BCUT2D eigenvalue weighted by atomic mass is 9.98. The summed E-state index contributed by atoms with van der Waals surface area (Å²) >= 11 is 0. The molecule has 0 fully saturated rings. The number of amides is 2. The number of aliphatic hydroxyl groups is 1. The Morgan fingerprint density at radius 1 is 1.16 bits per heavy atom. The molecule has 3 aromatic rings. The second-order valence-electron chi connectivity index (χ2n) is 10.0. The van der Waals surface area contributed by atoms with Crippen molar-refractivity contribution in [3.05, 3.63) is 83.6 Å². The molecule has 194 valence electrons. The molecule has 2 amide bonds. The first-order chi connectivity index (χ1) is 17.8. The van der Waals surface area contributed by atoms with Gasteiger partial charge >= 0.3 is 0 Å². The van der Waals surface area contributed by atoms with Crippen LogP contribution in [0.3, 0.4) is 0 Å². The van der Waals surface area contributed by atoms with Crippen LogP contribution in [-0.4, -0.2) is 70.6 Å². The van der Waals surface area contributed by atoms with E-state index in [2.05, 4.69) is 4.98 Å². The third-order valence-electron chi connectivity index (χ3n) is 6.98. The van der Waals surface area contributed by atoms with Gasteiger partial charge in [0.05, 0.1) is 25.6 Å². The van der Waals surface area contributed by atoms with Crippen molar-refractivity contribution in [1.82, 2.24) is 14.8 Å². The number of ether oxygens (including phenoxy) is 1. The van der Waals surface area contributed by atoms with Gasteiger partial charge in [0.15, 0.2) is 0 Å². The smallest absolute Gasteiger partial charge is 0.259 e. The molecule has 3 atom stereocenters. The number of likely N-dealkylation sites (N-methyl/N-ethyl adjacent to an activating group) is 1. The molecule has 2 heterocycles. The zero-order chi connectivity index (χ0) is 26.5. The van der Waals surface area contributed by atoms with Crippen molar-refractivity contribution < 1.29 is 19.4 Å². The van der Waals surface area contributed by atoms with Crippen LogP contribution in [0.15, 0.2) is 66.9 Å². The van der Waals surface area contributed by atoms with Crippen molar-refractivity contribution in [3.63, 3.8) is 0 Å². The number of carbonyl (C=O) groups excluding carboxylic acids is 2. The number of aliphatic hydroxyl groups excluding tert-OH is 1. The maximum absolute atomic E-state index is 13.6. The minimum Gasteiger partial charge on any atom is -0.472 e. The zero-order valence-electron chi connectivity index (χ0n) is 21.9. The van der Waals surface area contributed by atoms with E-state index in [0.29, 0.717) is 25.1 Å². The number of carbonyl (C=O) groups is 2. The second-order valence-corrected chi connectivity index (χ2v) is 10.0. The standard InChI is InChI=1S/C30H35N3O4/c1-20-10-12-24(13-11-20)25-15-26-29(31-16-25)37-27(21(2)17-33(30(26)36)22(3)19-34)18-32(4)28(35)14-23-8-6-5-7-9-23/h5-13,15-16,21-22,27,34H,14,17-19H2,1-4H3/t21-,22-,27+/m0/s1. The van der Waals surface area contributed by atoms with Crippen molar-refractivity contribution in [2.24, 2.45) is 5.92 Å². The Kier molecular flexibility index (Phi) is 8.24. The zero-order valence-corrected chi connectivity index (χ0v) is 21.9. The van der Waals surface area contributed by atoms with E-state index in [1.165, 1.54) is 0 Å². The van der Waals surface area contributed by atoms with E-state index in [9.17, 15) is 14.7 Å². The molecule has 1 aromatic heterocycles. The predicted octanol–water partition coefficient (Wildman–Crippen LogP) is 3.98. The fourth-order valence-electron chi connectivity index (χ4n) is 4.50. The van der Waals surface area contributed by atoms with Crippen LogP contribution in [0, 0.1) is 12.8 Å². The van der Waals surface area contributed by atoms with Crippen molar-refractivity contribution in [3.8, 4) is 17.0 Å². The maximum atomic E-state index is 13.6. The fourth-order valence-corrected chi connectivity index (χ4v) is 4.50. The molecule has 0 saturated carbocycles. The van der Waals surface area contributed by atoms with Crippen molar-refractivity contribution in [1.29, 1.82) is 0 Å². The number of fused-ring (bicyclic) bond motifs is 1. The third kappa shape index (κ3) is 6.17. The third-order valence-corrected chi connectivity index (χ3v) is 6.98. The number of benzene rings is 2. The first-order valence-corrected chi connectivity index (χ1v) is 12.7. The Balaban J connectivity index is 1.63. The molecule has 4 rings (SSSR count). The van der Waals surface area contributed by atoms with Gasteiger partial charge in [-0.05, 0) is 31.0 Å². The topological polar surface area (TPSA) is 83.0 Å². The molecule has 0 aliphatic carbocycles. The molecule has 7 nitrogen and oxygen atoms in total. The molecule has 1 aliphatic heterocycles. The molecule has 37 heavy (non-hydrogen) atoms. The Hall–Kier alpha value is -3.71. The largest absolute Gasteiger partial charge is 0.472 e. The van der Waals surface area contributed by atoms with E-state index in [1.54, 1.807) is 23.0 Å². The van der Waals surface area contributed by atoms with Crippen LogP contribution in [0.25, 0.3) is 11.1 Å². The lowest BCUT2D eigenvalue weighted by molar-refractivity contribution is -0.130. The highest BCUT2D eigenvalue weighted by atomic mass is 16.5. The molecule has 0 unspecified atom stereocenters. The number of hydrogen-bond donors (Lipinski definition) is 1. The van der Waals surface area contributed by atoms with Gasteiger partial charge in [-0.3, -0.25) is 9.59 Å². The van der Waals surface area contributed by atoms with E-state index >= 15 is 0 Å². The molecule has 2 aromatic carbocycles. The molecule has 0 saturated heterocycles. The van der Waals surface area contributed by atoms with Gasteiger partial charge in [-0.1, -0.05) is 67.1 Å². The Labute approximate surface area is 218 Å². The molecule has 0 spiro atoms. The number of rotatable bonds is 7. The van der Waals surface area contributed by atoms with Crippen LogP contribution >= 0.6 is 0 Å². The van der Waals surface area contributed by atoms with Gasteiger partial charge < -0.3 is 19.6 Å². The second kappa shape index (κ2) is 11.6. The summed E-state index contributed by atoms with van der Waals surface area (Å²) in [6, 6.07) is 19.1. The van der Waals surface area contributed by atoms with Gasteiger partial charge in [-0.25, -0.2) is 4.98 Å². The summed E-state index contributed by atoms with van der Waals surface area (Å²) in [4.78, 5) is 34.5. The Bertz CT molecular complexity index is 1230. The molecule has 7 heteroatoms. The lowest BCUT2D eigenvalue weighted by Gasteiger charge is -2.37. The maximum Gasteiger partial charge on any atom is 0.259 e. The molecule has 0 radical (unpaired) electrons. The molecular formula is C30H35N3O4. The summed E-state index contributed by atoms with van der Waals surface area (Å²) in [6.07, 6.45) is 1.63. The minimum atomic E-state index is -0.386. The summed E-state index contributed by atoms with van der Waals surface area (Å²) in [5.74, 6) is -0.0893. The summed E-state index contributed by atoms with van der Waals surface area (Å²) in [6.45, 7) is 6.44. The van der Waals surface area contributed by atoms with Crippen LogP contribution in [0.4, 0.5) is 0 Å². The number of nitrogens with zero attached hydrogens (tertiary/aromatic N) is 3. The van der Waals surface area contributed by atoms with Gasteiger partial charge in [0, 0.05) is 31.3 Å². The normalized spacial score (nSPS) is 18.3. The minimum absolute atomic E-state index is 0.0105. The highest BCUT2D eigenvalue weighted by Crippen LogP contribution is 2.30. The quantitative estimate of drug-likeness (QED) is 0.530. The summed E-state index contributed by atoms with van der Waals surface area (Å²) in [5, 5.41) is 9.89. The summed E-state index contributed by atoms with van der Waals surface area (Å²) < 4.78 is 6.35. The van der Waals surface area contributed by atoms with Gasteiger partial charge in [0.2, 0.25) is 11.8 Å². The van der Waals surface area contributed by atoms with E-state index in [0.717, 1.165) is 22.3 Å². The number of aromatic nitrogens is 1. The van der Waals surface area contributed by atoms with Crippen LogP contribution < -0.4 is 4.74 Å². The highest BCUT2D eigenvalue weighted by Gasteiger charge is 2.34. The van der Waals surface area contributed by atoms with E-state index in [4.69, 9.17) is 4.74 Å². The number of aryl methyl sites for hydroxylation is 1. The first kappa shape index (κ1) is 26.4. The molecule has 1 N–H and O–H groups in total. The van der Waals surface area contributed by atoms with Crippen LogP contribution in [-0.2, 0) is 11.2 Å². The predicted molar refractivity (Wildman–Crippen MR) is 143 cm³/mol.